The number of aromatic nitrogens is 4. The number of aryl methyl sites for hydroxylation is 2. The van der Waals surface area contributed by atoms with Crippen LogP contribution in [0.25, 0.3) is 0 Å². The van der Waals surface area contributed by atoms with Crippen molar-refractivity contribution >= 4 is 11.6 Å². The third kappa shape index (κ3) is 3.94. The van der Waals surface area contributed by atoms with E-state index in [4.69, 9.17) is 0 Å². The molecule has 2 rings (SSSR count). The molecule has 2 aromatic rings. The van der Waals surface area contributed by atoms with Crippen molar-refractivity contribution in [2.45, 2.75) is 33.2 Å². The molecule has 0 saturated heterocycles. The zero-order chi connectivity index (χ0) is 14.4. The minimum atomic E-state index is 0.710. The van der Waals surface area contributed by atoms with Crippen molar-refractivity contribution in [1.29, 1.82) is 0 Å². The third-order valence-corrected chi connectivity index (χ3v) is 2.88. The van der Waals surface area contributed by atoms with Gasteiger partial charge in [0.05, 0.1) is 6.20 Å². The molecule has 0 aromatic carbocycles. The summed E-state index contributed by atoms with van der Waals surface area (Å²) in [5.74, 6) is 2.58. The number of hydrogen-bond acceptors (Lipinski definition) is 5. The van der Waals surface area contributed by atoms with Gasteiger partial charge in [-0.3, -0.25) is 4.68 Å². The summed E-state index contributed by atoms with van der Waals surface area (Å²) in [4.78, 5) is 8.96. The van der Waals surface area contributed by atoms with Crippen LogP contribution in [0.15, 0.2) is 18.5 Å². The molecule has 0 saturated carbocycles. The van der Waals surface area contributed by atoms with Gasteiger partial charge in [0.2, 0.25) is 0 Å². The van der Waals surface area contributed by atoms with E-state index in [-0.39, 0.29) is 0 Å². The fourth-order valence-corrected chi connectivity index (χ4v) is 1.85. The highest BCUT2D eigenvalue weighted by Crippen LogP contribution is 2.13. The van der Waals surface area contributed by atoms with Gasteiger partial charge in [-0.05, 0) is 6.42 Å². The fourth-order valence-electron chi connectivity index (χ4n) is 1.85. The molecule has 0 unspecified atom stereocenters. The lowest BCUT2D eigenvalue weighted by molar-refractivity contribution is 0.767. The van der Waals surface area contributed by atoms with Crippen molar-refractivity contribution in [3.8, 4) is 0 Å². The monoisotopic (exact) mass is 274 g/mol. The van der Waals surface area contributed by atoms with Crippen molar-refractivity contribution in [3.63, 3.8) is 0 Å². The van der Waals surface area contributed by atoms with Crippen LogP contribution >= 0.6 is 0 Å². The summed E-state index contributed by atoms with van der Waals surface area (Å²) in [7, 11) is 1.91. The van der Waals surface area contributed by atoms with Gasteiger partial charge in [-0.25, -0.2) is 9.97 Å². The van der Waals surface area contributed by atoms with Crippen molar-refractivity contribution in [1.82, 2.24) is 19.7 Å². The molecule has 0 aliphatic heterocycles. The zero-order valence-electron chi connectivity index (χ0n) is 12.3. The van der Waals surface area contributed by atoms with E-state index in [1.54, 1.807) is 4.68 Å². The molecule has 0 radical (unpaired) electrons. The van der Waals surface area contributed by atoms with Crippen LogP contribution in [0.5, 0.6) is 0 Å². The first-order valence-electron chi connectivity index (χ1n) is 7.04. The zero-order valence-corrected chi connectivity index (χ0v) is 12.3. The van der Waals surface area contributed by atoms with E-state index in [0.29, 0.717) is 6.54 Å². The van der Waals surface area contributed by atoms with Gasteiger partial charge in [0.1, 0.15) is 17.5 Å². The van der Waals surface area contributed by atoms with Crippen molar-refractivity contribution in [2.75, 3.05) is 17.2 Å². The first-order valence-corrected chi connectivity index (χ1v) is 7.04. The van der Waals surface area contributed by atoms with Crippen LogP contribution in [0.2, 0.25) is 0 Å². The Labute approximate surface area is 119 Å². The van der Waals surface area contributed by atoms with Gasteiger partial charge < -0.3 is 10.6 Å². The molecule has 6 nitrogen and oxygen atoms in total. The van der Waals surface area contributed by atoms with Gasteiger partial charge in [-0.1, -0.05) is 13.8 Å². The molecule has 0 aliphatic carbocycles. The molecule has 2 heterocycles. The largest absolute Gasteiger partial charge is 0.370 e. The summed E-state index contributed by atoms with van der Waals surface area (Å²) < 4.78 is 1.79. The van der Waals surface area contributed by atoms with Crippen LogP contribution in [0.1, 0.15) is 31.7 Å². The maximum absolute atomic E-state index is 4.49. The summed E-state index contributed by atoms with van der Waals surface area (Å²) in [6.45, 7) is 5.82. The van der Waals surface area contributed by atoms with Crippen LogP contribution in [0.4, 0.5) is 11.6 Å². The molecule has 20 heavy (non-hydrogen) atoms. The van der Waals surface area contributed by atoms with E-state index in [0.717, 1.165) is 42.4 Å². The Balaban J connectivity index is 2.05. The highest BCUT2D eigenvalue weighted by molar-refractivity contribution is 5.47. The first kappa shape index (κ1) is 14.3. The molecule has 0 spiro atoms. The number of nitrogens with one attached hydrogen (secondary N) is 2. The Morgan fingerprint density at radius 1 is 1.15 bits per heavy atom. The van der Waals surface area contributed by atoms with Gasteiger partial charge in [0.25, 0.3) is 0 Å². The van der Waals surface area contributed by atoms with Crippen LogP contribution in [0, 0.1) is 0 Å². The molecular formula is C14H22N6. The van der Waals surface area contributed by atoms with E-state index < -0.39 is 0 Å². The lowest BCUT2D eigenvalue weighted by atomic mass is 10.3. The van der Waals surface area contributed by atoms with Crippen LogP contribution in [0.3, 0.4) is 0 Å². The van der Waals surface area contributed by atoms with Crippen LogP contribution < -0.4 is 10.6 Å². The van der Waals surface area contributed by atoms with Gasteiger partial charge in [-0.2, -0.15) is 5.10 Å². The van der Waals surface area contributed by atoms with Gasteiger partial charge in [0, 0.05) is 44.4 Å². The Morgan fingerprint density at radius 3 is 2.50 bits per heavy atom. The van der Waals surface area contributed by atoms with Gasteiger partial charge >= 0.3 is 0 Å². The van der Waals surface area contributed by atoms with E-state index in [1.165, 1.54) is 0 Å². The lowest BCUT2D eigenvalue weighted by Gasteiger charge is -2.10. The minimum Gasteiger partial charge on any atom is -0.370 e. The van der Waals surface area contributed by atoms with E-state index in [2.05, 4.69) is 39.5 Å². The first-order chi connectivity index (χ1) is 9.71. The molecule has 2 aromatic heterocycles. The smallest absolute Gasteiger partial charge is 0.132 e. The van der Waals surface area contributed by atoms with E-state index >= 15 is 0 Å². The molecule has 6 heteroatoms. The molecule has 108 valence electrons. The van der Waals surface area contributed by atoms with Gasteiger partial charge in [-0.15, -0.1) is 0 Å². The predicted molar refractivity (Wildman–Crippen MR) is 80.7 cm³/mol. The van der Waals surface area contributed by atoms with E-state index in [9.17, 15) is 0 Å². The topological polar surface area (TPSA) is 67.7 Å². The van der Waals surface area contributed by atoms with Crippen molar-refractivity contribution < 1.29 is 0 Å². The fraction of sp³-hybridized carbons (Fsp3) is 0.500. The number of hydrogen-bond donors (Lipinski definition) is 2. The third-order valence-electron chi connectivity index (χ3n) is 2.88. The van der Waals surface area contributed by atoms with Crippen molar-refractivity contribution in [3.05, 3.63) is 29.8 Å². The molecule has 0 amide bonds. The normalized spacial score (nSPS) is 10.6. The van der Waals surface area contributed by atoms with Crippen LogP contribution in [-0.4, -0.2) is 26.3 Å². The highest BCUT2D eigenvalue weighted by Gasteiger charge is 2.04. The van der Waals surface area contributed by atoms with Gasteiger partial charge in [0.15, 0.2) is 0 Å². The quantitative estimate of drug-likeness (QED) is 0.810. The molecule has 2 N–H and O–H groups in total. The Kier molecular flexibility index (Phi) is 4.92. The Morgan fingerprint density at radius 2 is 1.90 bits per heavy atom. The predicted octanol–water partition coefficient (Wildman–Crippen LogP) is 2.21. The second-order valence-electron chi connectivity index (χ2n) is 4.71. The maximum Gasteiger partial charge on any atom is 0.132 e. The minimum absolute atomic E-state index is 0.710. The molecule has 0 aliphatic rings. The molecule has 0 fully saturated rings. The highest BCUT2D eigenvalue weighted by atomic mass is 15.2. The number of rotatable bonds is 7. The lowest BCUT2D eigenvalue weighted by Crippen LogP contribution is -2.08. The summed E-state index contributed by atoms with van der Waals surface area (Å²) in [5, 5.41) is 10.8. The standard InChI is InChI=1S/C14H22N6/c1-4-6-15-13-7-14(19-12(5-2)18-13)16-8-11-9-17-20(3)10-11/h7,9-10H,4-6,8H2,1-3H3,(H2,15,16,18,19). The second-order valence-corrected chi connectivity index (χ2v) is 4.71. The average Bonchev–Trinajstić information content (AvgIpc) is 2.88. The number of anilines is 2. The molecule has 0 atom stereocenters. The summed E-state index contributed by atoms with van der Waals surface area (Å²) in [6, 6.07) is 1.95. The Bertz CT molecular complexity index is 548. The molecular weight excluding hydrogens is 252 g/mol. The molecule has 0 bridgehead atoms. The Hall–Kier alpha value is -2.11. The summed E-state index contributed by atoms with van der Waals surface area (Å²) >= 11 is 0. The maximum atomic E-state index is 4.49. The average molecular weight is 274 g/mol. The van der Waals surface area contributed by atoms with E-state index in [1.807, 2.05) is 25.5 Å². The number of nitrogens with zero attached hydrogens (tertiary/aromatic N) is 4. The summed E-state index contributed by atoms with van der Waals surface area (Å²) in [6.07, 6.45) is 5.74. The van der Waals surface area contributed by atoms with Crippen molar-refractivity contribution in [2.24, 2.45) is 7.05 Å². The summed E-state index contributed by atoms with van der Waals surface area (Å²) in [5.41, 5.74) is 1.13. The van der Waals surface area contributed by atoms with Crippen LogP contribution in [-0.2, 0) is 20.0 Å². The SMILES string of the molecule is CCCNc1cc(NCc2cnn(C)c2)nc(CC)n1. The second kappa shape index (κ2) is 6.88.